The molecule has 3 unspecified atom stereocenters. The molecule has 3 heterocycles. The Kier molecular flexibility index (Phi) is 6.10. The smallest absolute Gasteiger partial charge is 0.245 e. The molecule has 1 aromatic heterocycles. The van der Waals surface area contributed by atoms with E-state index in [4.69, 9.17) is 17.3 Å². The van der Waals surface area contributed by atoms with Gasteiger partial charge in [-0.3, -0.25) is 4.79 Å². The van der Waals surface area contributed by atoms with Crippen molar-refractivity contribution in [1.29, 1.82) is 0 Å². The third kappa shape index (κ3) is 4.64. The van der Waals surface area contributed by atoms with Gasteiger partial charge in [-0.05, 0) is 37.5 Å². The second-order valence-electron chi connectivity index (χ2n) is 7.87. The molecular weight excluding hydrogens is 430 g/mol. The van der Waals surface area contributed by atoms with Gasteiger partial charge in [-0.15, -0.1) is 0 Å². The van der Waals surface area contributed by atoms with E-state index in [9.17, 15) is 18.7 Å². The van der Waals surface area contributed by atoms with Crippen molar-refractivity contribution in [3.8, 4) is 0 Å². The summed E-state index contributed by atoms with van der Waals surface area (Å²) in [5, 5.41) is 13.7. The number of aromatic nitrogens is 2. The van der Waals surface area contributed by atoms with E-state index in [2.05, 4.69) is 15.3 Å². The minimum atomic E-state index is -0.766. The Morgan fingerprint density at radius 2 is 2.03 bits per heavy atom. The molecule has 0 aliphatic carbocycles. The number of hydrogen-bond acceptors (Lipinski definition) is 7. The van der Waals surface area contributed by atoms with E-state index >= 15 is 0 Å². The second-order valence-corrected chi connectivity index (χ2v) is 8.31. The highest BCUT2D eigenvalue weighted by molar-refractivity contribution is 6.30. The van der Waals surface area contributed by atoms with Gasteiger partial charge in [0.1, 0.15) is 18.2 Å². The molecule has 2 aromatic rings. The molecule has 1 amide bonds. The number of aliphatic hydroxyl groups excluding tert-OH is 1. The van der Waals surface area contributed by atoms with Crippen molar-refractivity contribution in [3.05, 3.63) is 41.2 Å². The van der Waals surface area contributed by atoms with Crippen LogP contribution in [0.25, 0.3) is 0 Å². The number of nitrogens with zero attached hydrogens (tertiary/aromatic N) is 4. The molecule has 4 rings (SSSR count). The largest absolute Gasteiger partial charge is 0.391 e. The molecule has 1 aromatic carbocycles. The number of β-amino-alcohol motifs (C(OH)–C–C–N with tert-alkyl or cyclic N) is 1. The lowest BCUT2D eigenvalue weighted by atomic mass is 9.96. The number of nitrogen functional groups attached to an aromatic ring is 1. The number of anilines is 3. The van der Waals surface area contributed by atoms with Crippen LogP contribution in [0.2, 0.25) is 5.02 Å². The van der Waals surface area contributed by atoms with E-state index in [0.29, 0.717) is 31.6 Å². The van der Waals surface area contributed by atoms with E-state index in [1.54, 1.807) is 15.9 Å². The van der Waals surface area contributed by atoms with E-state index in [1.165, 1.54) is 18.5 Å². The average molecular weight is 453 g/mol. The van der Waals surface area contributed by atoms with Gasteiger partial charge in [0, 0.05) is 30.3 Å². The first-order valence-corrected chi connectivity index (χ1v) is 10.4. The Morgan fingerprint density at radius 1 is 1.23 bits per heavy atom. The van der Waals surface area contributed by atoms with Crippen LogP contribution >= 0.6 is 11.6 Å². The Morgan fingerprint density at radius 3 is 2.81 bits per heavy atom. The van der Waals surface area contributed by atoms with E-state index in [-0.39, 0.29) is 35.2 Å². The lowest BCUT2D eigenvalue weighted by molar-refractivity contribution is -0.137. The summed E-state index contributed by atoms with van der Waals surface area (Å²) in [7, 11) is 0. The van der Waals surface area contributed by atoms with Gasteiger partial charge in [0.2, 0.25) is 11.7 Å². The standard InChI is InChI=1S/C20H23ClF2N6O2/c21-11-4-12(22)6-13(5-11)27-16-2-1-3-29(20(16)31)14-7-15(30)9-28(8-14)19-17(23)18(24)25-10-26-19/h4-6,10,14-16,27,30H,1-3,7-9H2,(H2,24,25,26). The molecule has 2 aliphatic rings. The maximum atomic E-state index is 14.4. The van der Waals surface area contributed by atoms with Crippen LogP contribution in [0.4, 0.5) is 26.1 Å². The number of benzene rings is 1. The molecule has 11 heteroatoms. The lowest BCUT2D eigenvalue weighted by Gasteiger charge is -2.44. The zero-order chi connectivity index (χ0) is 22.1. The van der Waals surface area contributed by atoms with E-state index < -0.39 is 23.8 Å². The first-order valence-electron chi connectivity index (χ1n) is 10.0. The van der Waals surface area contributed by atoms with Crippen molar-refractivity contribution in [3.63, 3.8) is 0 Å². The van der Waals surface area contributed by atoms with E-state index in [1.807, 2.05) is 0 Å². The molecule has 0 spiro atoms. The van der Waals surface area contributed by atoms with Gasteiger partial charge < -0.3 is 26.0 Å². The fourth-order valence-corrected chi connectivity index (χ4v) is 4.50. The Hall–Kier alpha value is -2.72. The SMILES string of the molecule is Nc1ncnc(N2CC(O)CC(N3CCCC(Nc4cc(F)cc(Cl)c4)C3=O)C2)c1F. The number of amides is 1. The van der Waals surface area contributed by atoms with Gasteiger partial charge in [0.25, 0.3) is 0 Å². The van der Waals surface area contributed by atoms with Crippen LogP contribution < -0.4 is 16.0 Å². The molecule has 0 saturated carbocycles. The molecule has 2 aliphatic heterocycles. The van der Waals surface area contributed by atoms with Crippen LogP contribution in [0.5, 0.6) is 0 Å². The predicted molar refractivity (Wildman–Crippen MR) is 113 cm³/mol. The Balaban J connectivity index is 1.51. The second kappa shape index (κ2) is 8.80. The van der Waals surface area contributed by atoms with E-state index in [0.717, 1.165) is 6.42 Å². The molecule has 4 N–H and O–H groups in total. The van der Waals surface area contributed by atoms with Crippen LogP contribution in [-0.2, 0) is 4.79 Å². The number of rotatable bonds is 4. The number of carbonyl (C=O) groups is 1. The molecular formula is C20H23ClF2N6O2. The van der Waals surface area contributed by atoms with Crippen LogP contribution in [0.15, 0.2) is 24.5 Å². The first kappa shape index (κ1) is 21.5. The molecule has 2 fully saturated rings. The number of likely N-dealkylation sites (tertiary alicyclic amines) is 1. The monoisotopic (exact) mass is 452 g/mol. The van der Waals surface area contributed by atoms with Crippen molar-refractivity contribution in [2.75, 3.05) is 35.6 Å². The van der Waals surface area contributed by atoms with Gasteiger partial charge in [-0.2, -0.15) is 4.39 Å². The summed E-state index contributed by atoms with van der Waals surface area (Å²) in [5.74, 6) is -1.66. The lowest BCUT2D eigenvalue weighted by Crippen LogP contribution is -2.59. The highest BCUT2D eigenvalue weighted by Crippen LogP contribution is 2.28. The van der Waals surface area contributed by atoms with Gasteiger partial charge in [-0.25, -0.2) is 14.4 Å². The number of halogens is 3. The molecule has 166 valence electrons. The van der Waals surface area contributed by atoms with Gasteiger partial charge in [-0.1, -0.05) is 11.6 Å². The first-order chi connectivity index (χ1) is 14.8. The number of piperidine rings is 2. The van der Waals surface area contributed by atoms with Crippen LogP contribution in [0.1, 0.15) is 19.3 Å². The summed E-state index contributed by atoms with van der Waals surface area (Å²) in [6, 6.07) is 3.15. The number of carbonyl (C=O) groups excluding carboxylic acids is 1. The highest BCUT2D eigenvalue weighted by atomic mass is 35.5. The van der Waals surface area contributed by atoms with Crippen molar-refractivity contribution in [2.24, 2.45) is 0 Å². The van der Waals surface area contributed by atoms with Gasteiger partial charge in [0.05, 0.1) is 12.1 Å². The number of nitrogens with two attached hydrogens (primary N) is 1. The quantitative estimate of drug-likeness (QED) is 0.651. The molecule has 2 saturated heterocycles. The van der Waals surface area contributed by atoms with Gasteiger partial charge >= 0.3 is 0 Å². The normalized spacial score (nSPS) is 24.4. The number of nitrogens with one attached hydrogen (secondary N) is 1. The molecule has 0 radical (unpaired) electrons. The highest BCUT2D eigenvalue weighted by Gasteiger charge is 2.38. The number of hydrogen-bond donors (Lipinski definition) is 3. The van der Waals surface area contributed by atoms with Crippen molar-refractivity contribution in [1.82, 2.24) is 14.9 Å². The molecule has 31 heavy (non-hydrogen) atoms. The maximum absolute atomic E-state index is 14.4. The van der Waals surface area contributed by atoms with Crippen LogP contribution in [-0.4, -0.2) is 63.7 Å². The molecule has 3 atom stereocenters. The number of aliphatic hydroxyl groups is 1. The van der Waals surface area contributed by atoms with Crippen molar-refractivity contribution < 1.29 is 18.7 Å². The zero-order valence-electron chi connectivity index (χ0n) is 16.6. The summed E-state index contributed by atoms with van der Waals surface area (Å²) in [6.07, 6.45) is 2.08. The summed E-state index contributed by atoms with van der Waals surface area (Å²) in [5.41, 5.74) is 5.98. The van der Waals surface area contributed by atoms with Crippen molar-refractivity contribution in [2.45, 2.75) is 37.5 Å². The third-order valence-corrected chi connectivity index (χ3v) is 5.84. The fraction of sp³-hybridized carbons (Fsp3) is 0.450. The predicted octanol–water partition coefficient (Wildman–Crippen LogP) is 2.03. The Bertz CT molecular complexity index is 960. The van der Waals surface area contributed by atoms with Crippen LogP contribution in [0.3, 0.4) is 0 Å². The zero-order valence-corrected chi connectivity index (χ0v) is 17.4. The molecule has 0 bridgehead atoms. The maximum Gasteiger partial charge on any atom is 0.245 e. The minimum absolute atomic E-state index is 0.00443. The van der Waals surface area contributed by atoms with Crippen molar-refractivity contribution >= 4 is 34.8 Å². The topological polar surface area (TPSA) is 108 Å². The summed E-state index contributed by atoms with van der Waals surface area (Å²) < 4.78 is 28.1. The third-order valence-electron chi connectivity index (χ3n) is 5.62. The Labute approximate surface area is 183 Å². The molecule has 8 nitrogen and oxygen atoms in total. The summed E-state index contributed by atoms with van der Waals surface area (Å²) in [4.78, 5) is 24.1. The van der Waals surface area contributed by atoms with Gasteiger partial charge in [0.15, 0.2) is 11.6 Å². The average Bonchev–Trinajstić information content (AvgIpc) is 2.70. The van der Waals surface area contributed by atoms with Crippen LogP contribution in [0, 0.1) is 11.6 Å². The summed E-state index contributed by atoms with van der Waals surface area (Å²) >= 11 is 5.91. The minimum Gasteiger partial charge on any atom is -0.391 e. The fourth-order valence-electron chi connectivity index (χ4n) is 4.27. The summed E-state index contributed by atoms with van der Waals surface area (Å²) in [6.45, 7) is 0.991.